The number of nitrogens with one attached hydrogen (secondary N) is 2. The van der Waals surface area contributed by atoms with Crippen molar-refractivity contribution in [3.8, 4) is 0 Å². The van der Waals surface area contributed by atoms with Gasteiger partial charge in [-0.3, -0.25) is 0 Å². The zero-order valence-corrected chi connectivity index (χ0v) is 13.4. The van der Waals surface area contributed by atoms with Crippen LogP contribution in [0.25, 0.3) is 0 Å². The zero-order valence-electron chi connectivity index (χ0n) is 13.4. The molecule has 0 saturated carbocycles. The second kappa shape index (κ2) is 8.52. The third-order valence-electron chi connectivity index (χ3n) is 3.36. The van der Waals surface area contributed by atoms with Gasteiger partial charge in [0, 0.05) is 36.6 Å². The Morgan fingerprint density at radius 2 is 1.86 bits per heavy atom. The quantitative estimate of drug-likeness (QED) is 0.724. The second-order valence-electron chi connectivity index (χ2n) is 5.44. The minimum absolute atomic E-state index is 0.0502. The van der Waals surface area contributed by atoms with E-state index in [1.165, 1.54) is 0 Å². The Kier molecular flexibility index (Phi) is 7.02. The lowest BCUT2D eigenvalue weighted by Gasteiger charge is -2.27. The second-order valence-corrected chi connectivity index (χ2v) is 5.44. The van der Waals surface area contributed by atoms with Crippen molar-refractivity contribution in [2.75, 3.05) is 23.4 Å². The van der Waals surface area contributed by atoms with Crippen LogP contribution in [0, 0.1) is 0 Å². The molecule has 0 aliphatic carbocycles. The highest BCUT2D eigenvalue weighted by Crippen LogP contribution is 2.19. The lowest BCUT2D eigenvalue weighted by atomic mass is 10.2. The Bertz CT molecular complexity index is 432. The van der Waals surface area contributed by atoms with Gasteiger partial charge in [0.05, 0.1) is 0 Å². The van der Waals surface area contributed by atoms with Gasteiger partial charge in [0.25, 0.3) is 0 Å². The van der Waals surface area contributed by atoms with E-state index >= 15 is 0 Å². The number of benzene rings is 1. The molecule has 3 N–H and O–H groups in total. The molecule has 0 spiro atoms. The topological polar surface area (TPSA) is 64.6 Å². The van der Waals surface area contributed by atoms with Gasteiger partial charge in [0.1, 0.15) is 0 Å². The predicted octanol–water partition coefficient (Wildman–Crippen LogP) is 2.81. The molecule has 0 aliphatic heterocycles. The molecule has 0 unspecified atom stereocenters. The maximum absolute atomic E-state index is 11.8. The summed E-state index contributed by atoms with van der Waals surface area (Å²) >= 11 is 0. The molecule has 5 nitrogen and oxygen atoms in total. The molecule has 1 aromatic rings. The normalized spacial score (nSPS) is 12.1. The lowest BCUT2D eigenvalue weighted by molar-refractivity contribution is 0.241. The molecule has 0 saturated heterocycles. The fourth-order valence-corrected chi connectivity index (χ4v) is 2.24. The molecule has 118 valence electrons. The average molecular weight is 293 g/mol. The van der Waals surface area contributed by atoms with E-state index in [2.05, 4.69) is 36.3 Å². The lowest BCUT2D eigenvalue weighted by Crippen LogP contribution is -2.36. The van der Waals surface area contributed by atoms with Gasteiger partial charge in [-0.1, -0.05) is 0 Å². The summed E-state index contributed by atoms with van der Waals surface area (Å²) in [6, 6.07) is 7.96. The van der Waals surface area contributed by atoms with Crippen molar-refractivity contribution in [1.82, 2.24) is 5.32 Å². The number of aliphatic hydroxyl groups excluding tert-OH is 1. The maximum atomic E-state index is 11.8. The standard InChI is InChI=1S/C16H27N3O2/c1-5-19(12(2)3)15-8-6-14(7-9-15)18-16(21)17-13(4)10-11-20/h6-9,12-13,20H,5,10-11H2,1-4H3,(H2,17,18,21)/t13-/m1/s1. The van der Waals surface area contributed by atoms with Crippen molar-refractivity contribution in [1.29, 1.82) is 0 Å². The highest BCUT2D eigenvalue weighted by Gasteiger charge is 2.09. The molecule has 1 aromatic carbocycles. The van der Waals surface area contributed by atoms with E-state index in [-0.39, 0.29) is 18.7 Å². The molecular weight excluding hydrogens is 266 g/mol. The summed E-state index contributed by atoms with van der Waals surface area (Å²) < 4.78 is 0. The summed E-state index contributed by atoms with van der Waals surface area (Å²) in [6.45, 7) is 9.32. The number of nitrogens with zero attached hydrogens (tertiary/aromatic N) is 1. The number of carbonyl (C=O) groups is 1. The van der Waals surface area contributed by atoms with Gasteiger partial charge in [0.2, 0.25) is 0 Å². The van der Waals surface area contributed by atoms with Crippen LogP contribution in [0.4, 0.5) is 16.2 Å². The van der Waals surface area contributed by atoms with Crippen LogP contribution in [0.15, 0.2) is 24.3 Å². The van der Waals surface area contributed by atoms with E-state index in [4.69, 9.17) is 5.11 Å². The molecule has 1 atom stereocenters. The summed E-state index contributed by atoms with van der Waals surface area (Å²) in [6.07, 6.45) is 0.548. The summed E-state index contributed by atoms with van der Waals surface area (Å²) in [7, 11) is 0. The van der Waals surface area contributed by atoms with Gasteiger partial charge in [-0.15, -0.1) is 0 Å². The predicted molar refractivity (Wildman–Crippen MR) is 87.9 cm³/mol. The van der Waals surface area contributed by atoms with Crippen LogP contribution in [-0.4, -0.2) is 36.4 Å². The first kappa shape index (κ1) is 17.3. The molecule has 0 aromatic heterocycles. The Morgan fingerprint density at radius 3 is 2.33 bits per heavy atom. The molecule has 1 rings (SSSR count). The summed E-state index contributed by atoms with van der Waals surface area (Å²) in [5.41, 5.74) is 1.90. The molecule has 0 aliphatic rings. The number of amides is 2. The van der Waals surface area contributed by atoms with E-state index in [1.54, 1.807) is 0 Å². The average Bonchev–Trinajstić information content (AvgIpc) is 2.41. The van der Waals surface area contributed by atoms with Crippen molar-refractivity contribution in [2.45, 2.75) is 46.2 Å². The molecule has 21 heavy (non-hydrogen) atoms. The fraction of sp³-hybridized carbons (Fsp3) is 0.562. The van der Waals surface area contributed by atoms with Crippen LogP contribution in [0.1, 0.15) is 34.1 Å². The van der Waals surface area contributed by atoms with Crippen molar-refractivity contribution in [2.24, 2.45) is 0 Å². The number of aliphatic hydroxyl groups is 1. The van der Waals surface area contributed by atoms with E-state index in [0.717, 1.165) is 17.9 Å². The zero-order chi connectivity index (χ0) is 15.8. The third kappa shape index (κ3) is 5.63. The Morgan fingerprint density at radius 1 is 1.24 bits per heavy atom. The minimum atomic E-state index is -0.250. The largest absolute Gasteiger partial charge is 0.396 e. The Hall–Kier alpha value is -1.75. The van der Waals surface area contributed by atoms with E-state index < -0.39 is 0 Å². The summed E-state index contributed by atoms with van der Waals surface area (Å²) in [5.74, 6) is 0. The molecule has 2 amide bonds. The molecule has 0 radical (unpaired) electrons. The van der Waals surface area contributed by atoms with Crippen LogP contribution in [0.5, 0.6) is 0 Å². The Balaban J connectivity index is 2.60. The number of anilines is 2. The maximum Gasteiger partial charge on any atom is 0.319 e. The van der Waals surface area contributed by atoms with Gasteiger partial charge in [-0.25, -0.2) is 4.79 Å². The van der Waals surface area contributed by atoms with Gasteiger partial charge in [-0.2, -0.15) is 0 Å². The van der Waals surface area contributed by atoms with Gasteiger partial charge >= 0.3 is 6.03 Å². The fourth-order valence-electron chi connectivity index (χ4n) is 2.24. The monoisotopic (exact) mass is 293 g/mol. The number of rotatable bonds is 7. The van der Waals surface area contributed by atoms with Crippen molar-refractivity contribution in [3.05, 3.63) is 24.3 Å². The molecule has 5 heteroatoms. The number of hydrogen-bond donors (Lipinski definition) is 3. The molecular formula is C16H27N3O2. The van der Waals surface area contributed by atoms with Gasteiger partial charge in [0.15, 0.2) is 0 Å². The van der Waals surface area contributed by atoms with Crippen LogP contribution in [-0.2, 0) is 0 Å². The van der Waals surface area contributed by atoms with Gasteiger partial charge < -0.3 is 20.6 Å². The van der Waals surface area contributed by atoms with Crippen molar-refractivity contribution in [3.63, 3.8) is 0 Å². The molecule has 0 fully saturated rings. The first-order valence-electron chi connectivity index (χ1n) is 7.53. The van der Waals surface area contributed by atoms with Crippen molar-refractivity contribution < 1.29 is 9.90 Å². The molecule has 0 heterocycles. The SMILES string of the molecule is CCN(c1ccc(NC(=O)N[C@H](C)CCO)cc1)C(C)C. The summed E-state index contributed by atoms with van der Waals surface area (Å²) in [4.78, 5) is 14.1. The first-order chi connectivity index (χ1) is 9.97. The molecule has 0 bridgehead atoms. The highest BCUT2D eigenvalue weighted by molar-refractivity contribution is 5.89. The van der Waals surface area contributed by atoms with Crippen LogP contribution < -0.4 is 15.5 Å². The highest BCUT2D eigenvalue weighted by atomic mass is 16.3. The van der Waals surface area contributed by atoms with Gasteiger partial charge in [-0.05, 0) is 58.4 Å². The van der Waals surface area contributed by atoms with E-state index in [1.807, 2.05) is 31.2 Å². The van der Waals surface area contributed by atoms with Crippen LogP contribution >= 0.6 is 0 Å². The minimum Gasteiger partial charge on any atom is -0.396 e. The Labute approximate surface area is 127 Å². The van der Waals surface area contributed by atoms with Crippen molar-refractivity contribution >= 4 is 17.4 Å². The van der Waals surface area contributed by atoms with Crippen LogP contribution in [0.2, 0.25) is 0 Å². The smallest absolute Gasteiger partial charge is 0.319 e. The van der Waals surface area contributed by atoms with E-state index in [9.17, 15) is 4.79 Å². The number of carbonyl (C=O) groups excluding carboxylic acids is 1. The van der Waals surface area contributed by atoms with Crippen LogP contribution in [0.3, 0.4) is 0 Å². The summed E-state index contributed by atoms with van der Waals surface area (Å²) in [5, 5.41) is 14.4. The number of urea groups is 1. The first-order valence-corrected chi connectivity index (χ1v) is 7.53. The number of hydrogen-bond acceptors (Lipinski definition) is 3. The van der Waals surface area contributed by atoms with E-state index in [0.29, 0.717) is 12.5 Å². The third-order valence-corrected chi connectivity index (χ3v) is 3.36.